The summed E-state index contributed by atoms with van der Waals surface area (Å²) >= 11 is 1.69. The van der Waals surface area contributed by atoms with Gasteiger partial charge in [0.15, 0.2) is 0 Å². The van der Waals surface area contributed by atoms with Gasteiger partial charge in [-0.3, -0.25) is 4.79 Å². The highest BCUT2D eigenvalue weighted by molar-refractivity contribution is 7.10. The highest BCUT2D eigenvalue weighted by Crippen LogP contribution is 2.24. The van der Waals surface area contributed by atoms with Gasteiger partial charge in [-0.1, -0.05) is 12.1 Å². The first-order chi connectivity index (χ1) is 10.1. The van der Waals surface area contributed by atoms with Crippen LogP contribution in [0.15, 0.2) is 35.7 Å². The molecule has 21 heavy (non-hydrogen) atoms. The highest BCUT2D eigenvalue weighted by atomic mass is 32.1. The van der Waals surface area contributed by atoms with E-state index in [9.17, 15) is 9.59 Å². The summed E-state index contributed by atoms with van der Waals surface area (Å²) in [5, 5.41) is 11.0. The third-order valence-electron chi connectivity index (χ3n) is 3.71. The number of nitrogens with zero attached hydrogens (tertiary/aromatic N) is 1. The fourth-order valence-electron chi connectivity index (χ4n) is 2.55. The number of hydrogen-bond acceptors (Lipinski definition) is 3. The molecule has 0 unspecified atom stereocenters. The number of hydrogen-bond donors (Lipinski definition) is 1. The Bertz CT molecular complexity index is 692. The number of carbonyl (C=O) groups is 2. The van der Waals surface area contributed by atoms with E-state index in [-0.39, 0.29) is 17.9 Å². The van der Waals surface area contributed by atoms with E-state index >= 15 is 0 Å². The minimum atomic E-state index is -0.967. The second kappa shape index (κ2) is 5.69. The number of amides is 1. The van der Waals surface area contributed by atoms with Gasteiger partial charge in [0.25, 0.3) is 0 Å². The molecule has 0 atom stereocenters. The van der Waals surface area contributed by atoms with E-state index < -0.39 is 5.97 Å². The Morgan fingerprint density at radius 3 is 2.95 bits per heavy atom. The molecule has 5 heteroatoms. The maximum absolute atomic E-state index is 12.4. The molecule has 0 fully saturated rings. The number of thiophene rings is 1. The van der Waals surface area contributed by atoms with Crippen molar-refractivity contribution < 1.29 is 14.7 Å². The highest BCUT2D eigenvalue weighted by Gasteiger charge is 2.21. The first-order valence-electron chi connectivity index (χ1n) is 6.79. The van der Waals surface area contributed by atoms with Gasteiger partial charge in [-0.15, -0.1) is 11.3 Å². The molecule has 1 aliphatic rings. The first-order valence-corrected chi connectivity index (χ1v) is 7.66. The van der Waals surface area contributed by atoms with Crippen LogP contribution in [0.4, 0.5) is 0 Å². The van der Waals surface area contributed by atoms with Crippen molar-refractivity contribution in [2.45, 2.75) is 19.4 Å². The zero-order valence-corrected chi connectivity index (χ0v) is 12.2. The maximum Gasteiger partial charge on any atom is 0.335 e. The van der Waals surface area contributed by atoms with Crippen molar-refractivity contribution in [2.24, 2.45) is 0 Å². The number of fused-ring (bicyclic) bond motifs is 1. The molecular formula is C16H15NO3S. The fourth-order valence-corrected chi connectivity index (χ4v) is 3.50. The fraction of sp³-hybridized carbons (Fsp3) is 0.250. The van der Waals surface area contributed by atoms with Crippen LogP contribution in [0.25, 0.3) is 0 Å². The Morgan fingerprint density at radius 1 is 1.29 bits per heavy atom. The van der Waals surface area contributed by atoms with Gasteiger partial charge in [-0.2, -0.15) is 0 Å². The molecule has 0 radical (unpaired) electrons. The monoisotopic (exact) mass is 301 g/mol. The summed E-state index contributed by atoms with van der Waals surface area (Å²) in [6, 6.07) is 8.71. The third-order valence-corrected chi connectivity index (χ3v) is 4.65. The molecule has 0 spiro atoms. The van der Waals surface area contributed by atoms with E-state index in [4.69, 9.17) is 5.11 Å². The summed E-state index contributed by atoms with van der Waals surface area (Å²) in [4.78, 5) is 26.4. The summed E-state index contributed by atoms with van der Waals surface area (Å²) in [7, 11) is 0. The van der Waals surface area contributed by atoms with Crippen molar-refractivity contribution in [3.63, 3.8) is 0 Å². The van der Waals surface area contributed by atoms with Gasteiger partial charge in [0, 0.05) is 11.4 Å². The van der Waals surface area contributed by atoms with Crippen LogP contribution < -0.4 is 0 Å². The lowest BCUT2D eigenvalue weighted by molar-refractivity contribution is -0.131. The number of rotatable bonds is 3. The summed E-state index contributed by atoms with van der Waals surface area (Å²) in [5.41, 5.74) is 2.31. The van der Waals surface area contributed by atoms with Crippen molar-refractivity contribution in [3.8, 4) is 0 Å². The van der Waals surface area contributed by atoms with Crippen LogP contribution >= 0.6 is 11.3 Å². The van der Waals surface area contributed by atoms with Gasteiger partial charge in [-0.25, -0.2) is 4.79 Å². The van der Waals surface area contributed by atoms with E-state index in [1.807, 2.05) is 4.90 Å². The van der Waals surface area contributed by atoms with E-state index in [0.717, 1.165) is 18.5 Å². The minimum absolute atomic E-state index is 0.0524. The smallest absolute Gasteiger partial charge is 0.335 e. The molecule has 1 N–H and O–H groups in total. The lowest BCUT2D eigenvalue weighted by Crippen LogP contribution is -2.36. The van der Waals surface area contributed by atoms with E-state index in [1.54, 1.807) is 29.5 Å². The summed E-state index contributed by atoms with van der Waals surface area (Å²) < 4.78 is 0. The molecule has 0 saturated carbocycles. The molecule has 4 nitrogen and oxygen atoms in total. The SMILES string of the molecule is O=C(O)c1cccc(CC(=O)N2CCc3ccsc3C2)c1. The van der Waals surface area contributed by atoms with Crippen LogP contribution in [-0.2, 0) is 24.2 Å². The van der Waals surface area contributed by atoms with E-state index in [1.165, 1.54) is 16.5 Å². The molecule has 0 bridgehead atoms. The number of benzene rings is 1. The van der Waals surface area contributed by atoms with Crippen LogP contribution in [0.3, 0.4) is 0 Å². The Morgan fingerprint density at radius 2 is 2.14 bits per heavy atom. The van der Waals surface area contributed by atoms with Gasteiger partial charge in [0.05, 0.1) is 18.5 Å². The van der Waals surface area contributed by atoms with Crippen LogP contribution in [0, 0.1) is 0 Å². The molecule has 2 heterocycles. The second-order valence-corrected chi connectivity index (χ2v) is 6.12. The molecular weight excluding hydrogens is 286 g/mol. The molecule has 0 aliphatic carbocycles. The Kier molecular flexibility index (Phi) is 3.75. The standard InChI is InChI=1S/C16H15NO3S/c18-15(9-11-2-1-3-13(8-11)16(19)20)17-6-4-12-5-7-21-14(12)10-17/h1-3,5,7-8H,4,6,9-10H2,(H,19,20). The summed E-state index contributed by atoms with van der Waals surface area (Å²) in [6.07, 6.45) is 1.15. The van der Waals surface area contributed by atoms with Crippen molar-refractivity contribution in [3.05, 3.63) is 57.3 Å². The molecule has 0 saturated heterocycles. The van der Waals surface area contributed by atoms with Crippen molar-refractivity contribution in [1.29, 1.82) is 0 Å². The largest absolute Gasteiger partial charge is 0.478 e. The van der Waals surface area contributed by atoms with Gasteiger partial charge >= 0.3 is 5.97 Å². The Labute approximate surface area is 126 Å². The Hall–Kier alpha value is -2.14. The average molecular weight is 301 g/mol. The Balaban J connectivity index is 1.70. The molecule has 108 valence electrons. The number of aromatic carboxylic acids is 1. The maximum atomic E-state index is 12.4. The van der Waals surface area contributed by atoms with Gasteiger partial charge < -0.3 is 10.0 Å². The van der Waals surface area contributed by atoms with Crippen LogP contribution in [0.2, 0.25) is 0 Å². The lowest BCUT2D eigenvalue weighted by Gasteiger charge is -2.27. The minimum Gasteiger partial charge on any atom is -0.478 e. The third kappa shape index (κ3) is 2.97. The lowest BCUT2D eigenvalue weighted by atomic mass is 10.1. The molecule has 1 aromatic heterocycles. The first kappa shape index (κ1) is 13.8. The molecule has 1 amide bonds. The van der Waals surface area contributed by atoms with Gasteiger partial charge in [0.1, 0.15) is 0 Å². The van der Waals surface area contributed by atoms with Crippen LogP contribution in [0.5, 0.6) is 0 Å². The summed E-state index contributed by atoms with van der Waals surface area (Å²) in [6.45, 7) is 1.41. The summed E-state index contributed by atoms with van der Waals surface area (Å²) in [5.74, 6) is -0.915. The van der Waals surface area contributed by atoms with Crippen molar-refractivity contribution in [1.82, 2.24) is 4.90 Å². The van der Waals surface area contributed by atoms with E-state index in [0.29, 0.717) is 6.54 Å². The van der Waals surface area contributed by atoms with Crippen molar-refractivity contribution in [2.75, 3.05) is 6.54 Å². The zero-order chi connectivity index (χ0) is 14.8. The molecule has 1 aromatic carbocycles. The zero-order valence-electron chi connectivity index (χ0n) is 11.4. The predicted octanol–water partition coefficient (Wildman–Crippen LogP) is 2.57. The van der Waals surface area contributed by atoms with Gasteiger partial charge in [-0.05, 0) is 41.1 Å². The number of carbonyl (C=O) groups excluding carboxylic acids is 1. The second-order valence-electron chi connectivity index (χ2n) is 5.12. The number of carboxylic acid groups (broad SMARTS) is 1. The molecule has 3 rings (SSSR count). The van der Waals surface area contributed by atoms with Crippen LogP contribution in [0.1, 0.15) is 26.4 Å². The number of carboxylic acids is 1. The predicted molar refractivity (Wildman–Crippen MR) is 80.5 cm³/mol. The quantitative estimate of drug-likeness (QED) is 0.948. The van der Waals surface area contributed by atoms with Gasteiger partial charge in [0.2, 0.25) is 5.91 Å². The normalized spacial score (nSPS) is 13.8. The average Bonchev–Trinajstić information content (AvgIpc) is 2.94. The van der Waals surface area contributed by atoms with Crippen LogP contribution in [-0.4, -0.2) is 28.4 Å². The molecule has 2 aromatic rings. The molecule has 1 aliphatic heterocycles. The van der Waals surface area contributed by atoms with Crippen molar-refractivity contribution >= 4 is 23.2 Å². The topological polar surface area (TPSA) is 57.6 Å². The van der Waals surface area contributed by atoms with E-state index in [2.05, 4.69) is 11.4 Å².